The van der Waals surface area contributed by atoms with E-state index in [4.69, 9.17) is 26.2 Å². The van der Waals surface area contributed by atoms with E-state index in [9.17, 15) is 9.59 Å². The topological polar surface area (TPSA) is 84.9 Å². The zero-order valence-electron chi connectivity index (χ0n) is 11.7. The molecule has 1 fully saturated rings. The van der Waals surface area contributed by atoms with E-state index in [0.29, 0.717) is 12.1 Å². The van der Waals surface area contributed by atoms with Gasteiger partial charge >= 0.3 is 5.97 Å². The molecule has 2 N–H and O–H groups in total. The summed E-state index contributed by atoms with van der Waals surface area (Å²) in [5.41, 5.74) is 0.234. The first kappa shape index (κ1) is 15.6. The maximum atomic E-state index is 12.1. The lowest BCUT2D eigenvalue weighted by Gasteiger charge is -2.14. The summed E-state index contributed by atoms with van der Waals surface area (Å²) in [4.78, 5) is 23.1. The molecule has 0 radical (unpaired) electrons. The maximum Gasteiger partial charge on any atom is 0.339 e. The van der Waals surface area contributed by atoms with Crippen LogP contribution in [0.2, 0.25) is 5.02 Å². The molecule has 0 bridgehead atoms. The van der Waals surface area contributed by atoms with Gasteiger partial charge in [0.15, 0.2) is 0 Å². The minimum absolute atomic E-state index is 0.0557. The molecule has 1 saturated heterocycles. The number of carbonyl (C=O) groups is 2. The fourth-order valence-electron chi connectivity index (χ4n) is 2.19. The molecule has 21 heavy (non-hydrogen) atoms. The number of methoxy groups -OCH3 is 1. The average Bonchev–Trinajstić information content (AvgIpc) is 2.87. The minimum atomic E-state index is -1.15. The Hall–Kier alpha value is -1.79. The fraction of sp³-hybridized carbons (Fsp3) is 0.429. The number of rotatable bonds is 4. The van der Waals surface area contributed by atoms with Crippen molar-refractivity contribution in [3.63, 3.8) is 0 Å². The van der Waals surface area contributed by atoms with Crippen molar-refractivity contribution < 1.29 is 24.2 Å². The van der Waals surface area contributed by atoms with Gasteiger partial charge in [0.25, 0.3) is 5.91 Å². The molecule has 6 nitrogen and oxygen atoms in total. The van der Waals surface area contributed by atoms with Crippen LogP contribution in [-0.4, -0.2) is 36.3 Å². The average molecular weight is 314 g/mol. The predicted octanol–water partition coefficient (Wildman–Crippen LogP) is 2.55. The van der Waals surface area contributed by atoms with Crippen LogP contribution in [0.15, 0.2) is 12.1 Å². The summed E-state index contributed by atoms with van der Waals surface area (Å²) < 4.78 is 10.5. The molecule has 0 saturated carbocycles. The molecular weight excluding hydrogens is 298 g/mol. The zero-order valence-corrected chi connectivity index (χ0v) is 12.4. The number of hydrogen-bond acceptors (Lipinski definition) is 4. The highest BCUT2D eigenvalue weighted by atomic mass is 35.5. The smallest absolute Gasteiger partial charge is 0.339 e. The highest BCUT2D eigenvalue weighted by molar-refractivity contribution is 6.34. The third-order valence-corrected chi connectivity index (χ3v) is 3.61. The van der Waals surface area contributed by atoms with E-state index in [0.717, 1.165) is 6.42 Å². The largest absolute Gasteiger partial charge is 0.496 e. The van der Waals surface area contributed by atoms with E-state index < -0.39 is 12.1 Å². The van der Waals surface area contributed by atoms with E-state index >= 15 is 0 Å². The van der Waals surface area contributed by atoms with Crippen molar-refractivity contribution in [3.05, 3.63) is 22.7 Å². The lowest BCUT2D eigenvalue weighted by Crippen LogP contribution is -2.27. The highest BCUT2D eigenvalue weighted by Gasteiger charge is 2.28. The fourth-order valence-corrected chi connectivity index (χ4v) is 2.40. The molecule has 1 heterocycles. The molecule has 1 aromatic rings. The number of amides is 1. The maximum absolute atomic E-state index is 12.1. The molecule has 2 atom stereocenters. The molecule has 0 spiro atoms. The Morgan fingerprint density at radius 1 is 1.43 bits per heavy atom. The number of halogens is 1. The van der Waals surface area contributed by atoms with Crippen LogP contribution in [0, 0.1) is 0 Å². The molecule has 1 aromatic carbocycles. The van der Waals surface area contributed by atoms with Crippen molar-refractivity contribution in [2.45, 2.75) is 32.0 Å². The highest BCUT2D eigenvalue weighted by Crippen LogP contribution is 2.31. The predicted molar refractivity (Wildman–Crippen MR) is 77.2 cm³/mol. The minimum Gasteiger partial charge on any atom is -0.496 e. The Kier molecular flexibility index (Phi) is 4.69. The summed E-state index contributed by atoms with van der Waals surface area (Å²) in [6, 6.07) is 2.64. The number of carboxylic acid groups (broad SMARTS) is 1. The van der Waals surface area contributed by atoms with E-state index in [1.54, 1.807) is 0 Å². The number of anilines is 1. The monoisotopic (exact) mass is 313 g/mol. The van der Waals surface area contributed by atoms with Crippen LogP contribution in [0.4, 0.5) is 5.69 Å². The Morgan fingerprint density at radius 2 is 2.14 bits per heavy atom. The number of ether oxygens (including phenoxy) is 2. The van der Waals surface area contributed by atoms with Gasteiger partial charge in [0.1, 0.15) is 17.4 Å². The second kappa shape index (κ2) is 6.32. The Bertz CT molecular complexity index is 575. The van der Waals surface area contributed by atoms with Crippen molar-refractivity contribution in [2.75, 3.05) is 12.4 Å². The summed E-state index contributed by atoms with van der Waals surface area (Å²) in [5, 5.41) is 11.8. The first-order valence-electron chi connectivity index (χ1n) is 6.49. The van der Waals surface area contributed by atoms with Crippen LogP contribution in [0.5, 0.6) is 5.75 Å². The van der Waals surface area contributed by atoms with Crippen LogP contribution >= 0.6 is 11.6 Å². The third-order valence-electron chi connectivity index (χ3n) is 3.30. The number of nitrogens with one attached hydrogen (secondary N) is 1. The zero-order chi connectivity index (χ0) is 15.6. The van der Waals surface area contributed by atoms with Gasteiger partial charge < -0.3 is 19.9 Å². The van der Waals surface area contributed by atoms with Gasteiger partial charge in [-0.2, -0.15) is 0 Å². The standard InChI is InChI=1S/C14H16ClNO5/c1-7-3-4-11(21-7)13(17)16-10-6-12(20-2)8(14(18)19)5-9(10)15/h5-7,11H,3-4H2,1-2H3,(H,16,17)(H,18,19). The van der Waals surface area contributed by atoms with Crippen LogP contribution in [-0.2, 0) is 9.53 Å². The number of hydrogen-bond donors (Lipinski definition) is 2. The van der Waals surface area contributed by atoms with Crippen LogP contribution < -0.4 is 10.1 Å². The van der Waals surface area contributed by atoms with Gasteiger partial charge in [0.05, 0.1) is 23.9 Å². The molecule has 1 aliphatic heterocycles. The van der Waals surface area contributed by atoms with Crippen molar-refractivity contribution in [1.29, 1.82) is 0 Å². The lowest BCUT2D eigenvalue weighted by molar-refractivity contribution is -0.126. The van der Waals surface area contributed by atoms with Gasteiger partial charge in [-0.1, -0.05) is 11.6 Å². The van der Waals surface area contributed by atoms with Gasteiger partial charge in [-0.3, -0.25) is 4.79 Å². The molecule has 2 rings (SSSR count). The Morgan fingerprint density at radius 3 is 2.67 bits per heavy atom. The van der Waals surface area contributed by atoms with Crippen molar-refractivity contribution in [3.8, 4) is 5.75 Å². The summed E-state index contributed by atoms with van der Waals surface area (Å²) >= 11 is 6.01. The number of aromatic carboxylic acids is 1. The Balaban J connectivity index is 2.20. The van der Waals surface area contributed by atoms with Crippen molar-refractivity contribution in [1.82, 2.24) is 0 Å². The van der Waals surface area contributed by atoms with Gasteiger partial charge in [0.2, 0.25) is 0 Å². The second-order valence-corrected chi connectivity index (χ2v) is 5.25. The quantitative estimate of drug-likeness (QED) is 0.892. The van der Waals surface area contributed by atoms with E-state index in [2.05, 4.69) is 5.32 Å². The Labute approximate surface area is 127 Å². The number of carbonyl (C=O) groups excluding carboxylic acids is 1. The van der Waals surface area contributed by atoms with Crippen LogP contribution in [0.1, 0.15) is 30.1 Å². The first-order chi connectivity index (χ1) is 9.92. The van der Waals surface area contributed by atoms with Gasteiger partial charge in [-0.25, -0.2) is 4.79 Å². The SMILES string of the molecule is COc1cc(NC(=O)C2CCC(C)O2)c(Cl)cc1C(=O)O. The summed E-state index contributed by atoms with van der Waals surface area (Å²) in [7, 11) is 1.35. The number of carboxylic acids is 1. The van der Waals surface area contributed by atoms with Crippen molar-refractivity contribution >= 4 is 29.2 Å². The van der Waals surface area contributed by atoms with E-state index in [1.165, 1.54) is 19.2 Å². The van der Waals surface area contributed by atoms with E-state index in [-0.39, 0.29) is 28.3 Å². The third kappa shape index (κ3) is 3.46. The van der Waals surface area contributed by atoms with Gasteiger partial charge in [-0.15, -0.1) is 0 Å². The van der Waals surface area contributed by atoms with Gasteiger partial charge in [-0.05, 0) is 25.8 Å². The van der Waals surface area contributed by atoms with Gasteiger partial charge in [0, 0.05) is 6.07 Å². The molecule has 2 unspecified atom stereocenters. The van der Waals surface area contributed by atoms with E-state index in [1.807, 2.05) is 6.92 Å². The normalized spacial score (nSPS) is 21.1. The summed E-state index contributed by atoms with van der Waals surface area (Å²) in [6.45, 7) is 1.91. The molecule has 0 aliphatic carbocycles. The summed E-state index contributed by atoms with van der Waals surface area (Å²) in [6.07, 6.45) is 1.02. The first-order valence-corrected chi connectivity index (χ1v) is 6.87. The van der Waals surface area contributed by atoms with Crippen molar-refractivity contribution in [2.24, 2.45) is 0 Å². The molecule has 7 heteroatoms. The molecule has 1 amide bonds. The lowest BCUT2D eigenvalue weighted by atomic mass is 10.1. The number of benzene rings is 1. The van der Waals surface area contributed by atoms with Crippen LogP contribution in [0.3, 0.4) is 0 Å². The van der Waals surface area contributed by atoms with Crippen LogP contribution in [0.25, 0.3) is 0 Å². The molecule has 0 aromatic heterocycles. The molecular formula is C14H16ClNO5. The second-order valence-electron chi connectivity index (χ2n) is 4.84. The molecule has 114 valence electrons. The summed E-state index contributed by atoms with van der Waals surface area (Å²) in [5.74, 6) is -1.33. The molecule has 1 aliphatic rings.